The van der Waals surface area contributed by atoms with Crippen LogP contribution in [0.25, 0.3) is 0 Å². The van der Waals surface area contributed by atoms with E-state index < -0.39 is 0 Å². The van der Waals surface area contributed by atoms with Crippen molar-refractivity contribution in [3.8, 4) is 0 Å². The van der Waals surface area contributed by atoms with Crippen molar-refractivity contribution in [1.29, 1.82) is 0 Å². The van der Waals surface area contributed by atoms with Crippen LogP contribution in [0.4, 0.5) is 11.4 Å². The quantitative estimate of drug-likeness (QED) is 0.606. The van der Waals surface area contributed by atoms with Crippen LogP contribution in [0.2, 0.25) is 0 Å². The molecule has 0 bridgehead atoms. The van der Waals surface area contributed by atoms with Crippen LogP contribution < -0.4 is 10.2 Å². The van der Waals surface area contributed by atoms with Gasteiger partial charge < -0.3 is 14.6 Å². The molecule has 2 heterocycles. The maximum absolute atomic E-state index is 13.0. The van der Waals surface area contributed by atoms with E-state index in [4.69, 9.17) is 4.42 Å². The molecule has 1 aliphatic rings. The molecule has 6 nitrogen and oxygen atoms in total. The van der Waals surface area contributed by atoms with Crippen LogP contribution in [0.5, 0.6) is 0 Å². The molecule has 0 spiro atoms. The summed E-state index contributed by atoms with van der Waals surface area (Å²) in [6.45, 7) is 1.39. The molecule has 2 amide bonds. The van der Waals surface area contributed by atoms with E-state index in [1.54, 1.807) is 48.4 Å². The Labute approximate surface area is 178 Å². The number of carbonyl (C=O) groups is 3. The largest absolute Gasteiger partial charge is 0.468 e. The van der Waals surface area contributed by atoms with Gasteiger partial charge in [-0.3, -0.25) is 14.4 Å². The third kappa shape index (κ3) is 4.31. The SMILES string of the molecule is CC(=O)c1ccc(NC(=O)CN2C(=O)C[C@H](c3ccco3)Sc3ccccc32)cc1. The fourth-order valence-electron chi connectivity index (χ4n) is 3.32. The van der Waals surface area contributed by atoms with Crippen molar-refractivity contribution in [3.63, 3.8) is 0 Å². The maximum Gasteiger partial charge on any atom is 0.244 e. The number of furan rings is 1. The van der Waals surface area contributed by atoms with Crippen LogP contribution in [0.3, 0.4) is 0 Å². The zero-order valence-corrected chi connectivity index (χ0v) is 17.1. The minimum atomic E-state index is -0.310. The van der Waals surface area contributed by atoms with Gasteiger partial charge in [-0.1, -0.05) is 12.1 Å². The average Bonchev–Trinajstić information content (AvgIpc) is 3.23. The molecule has 1 aliphatic heterocycles. The highest BCUT2D eigenvalue weighted by Crippen LogP contribution is 2.45. The van der Waals surface area contributed by atoms with Gasteiger partial charge in [-0.05, 0) is 55.5 Å². The van der Waals surface area contributed by atoms with Crippen molar-refractivity contribution in [2.45, 2.75) is 23.5 Å². The molecule has 0 saturated carbocycles. The van der Waals surface area contributed by atoms with E-state index in [1.807, 2.05) is 30.3 Å². The van der Waals surface area contributed by atoms with Crippen LogP contribution in [0, 0.1) is 0 Å². The molecule has 30 heavy (non-hydrogen) atoms. The van der Waals surface area contributed by atoms with Gasteiger partial charge in [0.25, 0.3) is 0 Å². The number of thioether (sulfide) groups is 1. The second-order valence-corrected chi connectivity index (χ2v) is 8.20. The number of benzene rings is 2. The van der Waals surface area contributed by atoms with Gasteiger partial charge in [-0.2, -0.15) is 0 Å². The molecule has 0 saturated heterocycles. The van der Waals surface area contributed by atoms with Crippen LogP contribution in [0.1, 0.15) is 34.7 Å². The van der Waals surface area contributed by atoms with Crippen molar-refractivity contribution in [1.82, 2.24) is 0 Å². The maximum atomic E-state index is 13.0. The molecule has 0 radical (unpaired) electrons. The standard InChI is InChI=1S/C23H20N2O4S/c1-15(26)16-8-10-17(11-9-16)24-22(27)14-25-18-5-2-3-7-20(18)30-21(13-23(25)28)19-6-4-12-29-19/h2-12,21H,13-14H2,1H3,(H,24,27)/t21-/m1/s1. The normalized spacial score (nSPS) is 16.0. The zero-order valence-electron chi connectivity index (χ0n) is 16.3. The van der Waals surface area contributed by atoms with Gasteiger partial charge in [-0.15, -0.1) is 11.8 Å². The molecule has 0 fully saturated rings. The van der Waals surface area contributed by atoms with Crippen molar-refractivity contribution >= 4 is 40.7 Å². The van der Waals surface area contributed by atoms with Gasteiger partial charge in [0.1, 0.15) is 12.3 Å². The predicted molar refractivity (Wildman–Crippen MR) is 116 cm³/mol. The fourth-order valence-corrected chi connectivity index (χ4v) is 4.56. The number of amides is 2. The predicted octanol–water partition coefficient (Wildman–Crippen LogP) is 4.69. The Morgan fingerprint density at radius 2 is 1.87 bits per heavy atom. The first-order valence-corrected chi connectivity index (χ1v) is 10.4. The lowest BCUT2D eigenvalue weighted by molar-refractivity contribution is -0.121. The molecule has 7 heteroatoms. The summed E-state index contributed by atoms with van der Waals surface area (Å²) in [5.41, 5.74) is 1.86. The lowest BCUT2D eigenvalue weighted by Gasteiger charge is -2.22. The molecule has 152 valence electrons. The Morgan fingerprint density at radius 1 is 1.10 bits per heavy atom. The summed E-state index contributed by atoms with van der Waals surface area (Å²) in [6.07, 6.45) is 1.83. The van der Waals surface area contributed by atoms with Gasteiger partial charge in [0.2, 0.25) is 11.8 Å². The van der Waals surface area contributed by atoms with Gasteiger partial charge in [0, 0.05) is 22.6 Å². The van der Waals surface area contributed by atoms with E-state index in [0.29, 0.717) is 16.9 Å². The summed E-state index contributed by atoms with van der Waals surface area (Å²) in [4.78, 5) is 39.6. The van der Waals surface area contributed by atoms with Crippen molar-refractivity contribution in [3.05, 3.63) is 78.3 Å². The summed E-state index contributed by atoms with van der Waals surface area (Å²) in [5.74, 6) is 0.245. The van der Waals surface area contributed by atoms with Crippen molar-refractivity contribution in [2.75, 3.05) is 16.8 Å². The first-order valence-electron chi connectivity index (χ1n) is 9.51. The Kier molecular flexibility index (Phi) is 5.72. The molecule has 1 N–H and O–H groups in total. The van der Waals surface area contributed by atoms with Gasteiger partial charge in [0.15, 0.2) is 5.78 Å². The minimum Gasteiger partial charge on any atom is -0.468 e. The van der Waals surface area contributed by atoms with Crippen LogP contribution in [0.15, 0.2) is 76.2 Å². The number of hydrogen-bond acceptors (Lipinski definition) is 5. The van der Waals surface area contributed by atoms with E-state index in [-0.39, 0.29) is 35.8 Å². The fraction of sp³-hybridized carbons (Fsp3) is 0.174. The average molecular weight is 420 g/mol. The Hall–Kier alpha value is -3.32. The molecule has 2 aromatic carbocycles. The summed E-state index contributed by atoms with van der Waals surface area (Å²) in [7, 11) is 0. The summed E-state index contributed by atoms with van der Waals surface area (Å²) >= 11 is 1.56. The molecular weight excluding hydrogens is 400 g/mol. The second kappa shape index (κ2) is 8.59. The Morgan fingerprint density at radius 3 is 2.57 bits per heavy atom. The number of rotatable bonds is 5. The van der Waals surface area contributed by atoms with Gasteiger partial charge in [0.05, 0.1) is 17.2 Å². The number of ketones is 1. The molecule has 3 aromatic rings. The van der Waals surface area contributed by atoms with Crippen molar-refractivity contribution in [2.24, 2.45) is 0 Å². The van der Waals surface area contributed by atoms with E-state index in [0.717, 1.165) is 10.7 Å². The van der Waals surface area contributed by atoms with Gasteiger partial charge >= 0.3 is 0 Å². The summed E-state index contributed by atoms with van der Waals surface area (Å²) in [6, 6.07) is 17.9. The van der Waals surface area contributed by atoms with E-state index in [2.05, 4.69) is 5.32 Å². The van der Waals surface area contributed by atoms with E-state index >= 15 is 0 Å². The van der Waals surface area contributed by atoms with Crippen LogP contribution in [-0.2, 0) is 9.59 Å². The number of anilines is 2. The van der Waals surface area contributed by atoms with Crippen molar-refractivity contribution < 1.29 is 18.8 Å². The molecule has 0 unspecified atom stereocenters. The lowest BCUT2D eigenvalue weighted by atomic mass is 10.1. The minimum absolute atomic E-state index is 0.0386. The van der Waals surface area contributed by atoms with Crippen LogP contribution >= 0.6 is 11.8 Å². The highest BCUT2D eigenvalue weighted by atomic mass is 32.2. The topological polar surface area (TPSA) is 79.6 Å². The Bertz CT molecular complexity index is 1080. The number of para-hydroxylation sites is 1. The number of nitrogens with one attached hydrogen (secondary N) is 1. The smallest absolute Gasteiger partial charge is 0.244 e. The zero-order chi connectivity index (χ0) is 21.1. The van der Waals surface area contributed by atoms with E-state index in [9.17, 15) is 14.4 Å². The first-order chi connectivity index (χ1) is 14.5. The first kappa shape index (κ1) is 20.0. The molecule has 1 atom stereocenters. The summed E-state index contributed by atoms with van der Waals surface area (Å²) in [5, 5.41) is 2.64. The van der Waals surface area contributed by atoms with E-state index in [1.165, 1.54) is 11.8 Å². The molecule has 1 aromatic heterocycles. The summed E-state index contributed by atoms with van der Waals surface area (Å²) < 4.78 is 5.52. The number of fused-ring (bicyclic) bond motifs is 1. The highest BCUT2D eigenvalue weighted by Gasteiger charge is 2.31. The second-order valence-electron chi connectivity index (χ2n) is 6.96. The molecular formula is C23H20N2O4S. The Balaban J connectivity index is 1.53. The number of hydrogen-bond donors (Lipinski definition) is 1. The highest BCUT2D eigenvalue weighted by molar-refractivity contribution is 7.99. The number of nitrogens with zero attached hydrogens (tertiary/aromatic N) is 1. The third-order valence-corrected chi connectivity index (χ3v) is 6.11. The number of Topliss-reactive ketones (excluding diaryl/α,β-unsaturated/α-hetero) is 1. The van der Waals surface area contributed by atoms with Gasteiger partial charge in [-0.25, -0.2) is 0 Å². The molecule has 4 rings (SSSR count). The van der Waals surface area contributed by atoms with Crippen LogP contribution in [-0.4, -0.2) is 24.1 Å². The third-order valence-electron chi connectivity index (χ3n) is 4.82. The number of carbonyl (C=O) groups excluding carboxylic acids is 3. The molecule has 0 aliphatic carbocycles. The monoisotopic (exact) mass is 420 g/mol. The lowest BCUT2D eigenvalue weighted by Crippen LogP contribution is -2.38.